The summed E-state index contributed by atoms with van der Waals surface area (Å²) < 4.78 is 4.38. The number of carbonyl (C=O) groups is 2. The van der Waals surface area contributed by atoms with Gasteiger partial charge in [-0.25, -0.2) is 9.78 Å². The van der Waals surface area contributed by atoms with Gasteiger partial charge in [0.05, 0.1) is 24.6 Å². The Kier molecular flexibility index (Phi) is 5.04. The second-order valence-corrected chi connectivity index (χ2v) is 3.40. The largest absolute Gasteiger partial charge is 0.466 e. The molecule has 1 aromatic rings. The van der Waals surface area contributed by atoms with E-state index in [1.54, 1.807) is 0 Å². The second kappa shape index (κ2) is 6.76. The Morgan fingerprint density at radius 2 is 2.37 bits per heavy atom. The number of ether oxygens (including phenoxy) is 1. The number of methoxy groups -OCH3 is 1. The Morgan fingerprint density at radius 3 is 3.00 bits per heavy atom. The summed E-state index contributed by atoms with van der Waals surface area (Å²) in [6.07, 6.45) is 3.88. The predicted molar refractivity (Wildman–Crippen MR) is 66.9 cm³/mol. The van der Waals surface area contributed by atoms with Crippen molar-refractivity contribution < 1.29 is 14.3 Å². The van der Waals surface area contributed by atoms with Gasteiger partial charge in [-0.2, -0.15) is 5.26 Å². The van der Waals surface area contributed by atoms with Gasteiger partial charge in [-0.1, -0.05) is 6.08 Å². The van der Waals surface area contributed by atoms with Crippen molar-refractivity contribution in [1.82, 2.24) is 10.3 Å². The lowest BCUT2D eigenvalue weighted by atomic mass is 10.2. The molecule has 0 atom stereocenters. The van der Waals surface area contributed by atoms with Gasteiger partial charge in [0.1, 0.15) is 11.8 Å². The maximum atomic E-state index is 11.7. The molecule has 0 aliphatic heterocycles. The molecule has 1 heterocycles. The first-order chi connectivity index (χ1) is 9.08. The summed E-state index contributed by atoms with van der Waals surface area (Å²) in [5, 5.41) is 11.3. The fourth-order valence-corrected chi connectivity index (χ4v) is 1.15. The van der Waals surface area contributed by atoms with Crippen LogP contribution in [0.1, 0.15) is 16.1 Å². The molecule has 3 N–H and O–H groups in total. The van der Waals surface area contributed by atoms with E-state index in [0.29, 0.717) is 0 Å². The minimum Gasteiger partial charge on any atom is -0.466 e. The van der Waals surface area contributed by atoms with Crippen molar-refractivity contribution in [2.75, 3.05) is 19.4 Å². The van der Waals surface area contributed by atoms with E-state index in [4.69, 9.17) is 11.0 Å². The quantitative estimate of drug-likeness (QED) is 0.580. The number of nitrogens with zero attached hydrogens (tertiary/aromatic N) is 2. The summed E-state index contributed by atoms with van der Waals surface area (Å²) in [5.41, 5.74) is 5.97. The van der Waals surface area contributed by atoms with Gasteiger partial charge in [-0.15, -0.1) is 0 Å². The van der Waals surface area contributed by atoms with Crippen LogP contribution in [0.5, 0.6) is 0 Å². The molecule has 0 saturated heterocycles. The van der Waals surface area contributed by atoms with Crippen molar-refractivity contribution in [3.63, 3.8) is 0 Å². The fraction of sp³-hybridized carbons (Fsp3) is 0.167. The van der Waals surface area contributed by atoms with E-state index in [0.717, 1.165) is 0 Å². The number of anilines is 1. The highest BCUT2D eigenvalue weighted by molar-refractivity contribution is 5.93. The van der Waals surface area contributed by atoms with E-state index < -0.39 is 11.9 Å². The smallest absolute Gasteiger partial charge is 0.330 e. The van der Waals surface area contributed by atoms with E-state index in [-0.39, 0.29) is 23.5 Å². The molecule has 7 heteroatoms. The van der Waals surface area contributed by atoms with Gasteiger partial charge in [0.25, 0.3) is 5.91 Å². The molecule has 0 saturated carbocycles. The Hall–Kier alpha value is -2.88. The highest BCUT2D eigenvalue weighted by atomic mass is 16.5. The van der Waals surface area contributed by atoms with Crippen molar-refractivity contribution in [1.29, 1.82) is 5.26 Å². The molecule has 0 bridgehead atoms. The molecule has 1 aromatic heterocycles. The third kappa shape index (κ3) is 4.12. The number of esters is 1. The first-order valence-electron chi connectivity index (χ1n) is 5.26. The number of amides is 1. The molecule has 7 nitrogen and oxygen atoms in total. The van der Waals surface area contributed by atoms with E-state index in [9.17, 15) is 9.59 Å². The zero-order chi connectivity index (χ0) is 14.3. The van der Waals surface area contributed by atoms with Crippen LogP contribution in [0.3, 0.4) is 0 Å². The van der Waals surface area contributed by atoms with Crippen LogP contribution >= 0.6 is 0 Å². The zero-order valence-corrected chi connectivity index (χ0v) is 10.2. The molecule has 19 heavy (non-hydrogen) atoms. The third-order valence-electron chi connectivity index (χ3n) is 2.12. The van der Waals surface area contributed by atoms with Crippen LogP contribution in [0.15, 0.2) is 24.4 Å². The standard InChI is InChI=1S/C12H12N4O3/c1-19-11(17)3-2-4-15-12(18)10-5-8(6-13)9(14)7-16-10/h2-3,5,7H,4,14H2,1H3,(H,15,18)/b3-2+. The number of nitrogen functional groups attached to an aromatic ring is 1. The maximum absolute atomic E-state index is 11.7. The van der Waals surface area contributed by atoms with Gasteiger partial charge in [0.2, 0.25) is 0 Å². The van der Waals surface area contributed by atoms with Crippen molar-refractivity contribution in [2.45, 2.75) is 0 Å². The summed E-state index contributed by atoms with van der Waals surface area (Å²) in [6, 6.07) is 3.16. The molecule has 0 spiro atoms. The lowest BCUT2D eigenvalue weighted by molar-refractivity contribution is -0.134. The van der Waals surface area contributed by atoms with Crippen molar-refractivity contribution in [2.24, 2.45) is 0 Å². The molecular formula is C12H12N4O3. The van der Waals surface area contributed by atoms with Gasteiger partial charge in [0, 0.05) is 12.6 Å². The number of carbonyl (C=O) groups excluding carboxylic acids is 2. The van der Waals surface area contributed by atoms with Gasteiger partial charge < -0.3 is 15.8 Å². The Morgan fingerprint density at radius 1 is 1.63 bits per heavy atom. The maximum Gasteiger partial charge on any atom is 0.330 e. The normalized spacial score (nSPS) is 9.89. The number of hydrogen-bond donors (Lipinski definition) is 2. The fourth-order valence-electron chi connectivity index (χ4n) is 1.15. The SMILES string of the molecule is COC(=O)/C=C/CNC(=O)c1cc(C#N)c(N)cn1. The summed E-state index contributed by atoms with van der Waals surface area (Å²) in [5.74, 6) is -0.974. The number of rotatable bonds is 4. The minimum atomic E-state index is -0.508. The third-order valence-corrected chi connectivity index (χ3v) is 2.12. The van der Waals surface area contributed by atoms with E-state index in [1.807, 2.05) is 6.07 Å². The molecule has 0 aromatic carbocycles. The number of nitrogens with two attached hydrogens (primary N) is 1. The summed E-state index contributed by atoms with van der Waals surface area (Å²) in [6.45, 7) is 0.141. The zero-order valence-electron chi connectivity index (χ0n) is 10.2. The van der Waals surface area contributed by atoms with Crippen molar-refractivity contribution >= 4 is 17.6 Å². The van der Waals surface area contributed by atoms with Crippen molar-refractivity contribution in [3.8, 4) is 6.07 Å². The Labute approximate surface area is 109 Å². The number of pyridine rings is 1. The number of nitrogens with one attached hydrogen (secondary N) is 1. The van der Waals surface area contributed by atoms with Crippen LogP contribution in [0.4, 0.5) is 5.69 Å². The lowest BCUT2D eigenvalue weighted by Crippen LogP contribution is -2.24. The molecule has 1 rings (SSSR count). The topological polar surface area (TPSA) is 118 Å². The summed E-state index contributed by atoms with van der Waals surface area (Å²) >= 11 is 0. The molecule has 0 aliphatic rings. The second-order valence-electron chi connectivity index (χ2n) is 3.40. The lowest BCUT2D eigenvalue weighted by Gasteiger charge is -2.03. The monoisotopic (exact) mass is 260 g/mol. The van der Waals surface area contributed by atoms with Crippen molar-refractivity contribution in [3.05, 3.63) is 35.7 Å². The summed E-state index contributed by atoms with van der Waals surface area (Å²) in [7, 11) is 1.26. The molecule has 0 unspecified atom stereocenters. The van der Waals surface area contributed by atoms with Gasteiger partial charge in [0.15, 0.2) is 0 Å². The Balaban J connectivity index is 2.62. The van der Waals surface area contributed by atoms with E-state index in [1.165, 1.54) is 31.5 Å². The van der Waals surface area contributed by atoms with Crippen LogP contribution in [-0.2, 0) is 9.53 Å². The first kappa shape index (κ1) is 14.2. The van der Waals surface area contributed by atoms with Crippen LogP contribution in [0, 0.1) is 11.3 Å². The average Bonchev–Trinajstić information content (AvgIpc) is 2.43. The van der Waals surface area contributed by atoms with E-state index in [2.05, 4.69) is 15.0 Å². The van der Waals surface area contributed by atoms with E-state index >= 15 is 0 Å². The molecule has 0 aliphatic carbocycles. The minimum absolute atomic E-state index is 0.0808. The van der Waals surface area contributed by atoms with Crippen LogP contribution in [0.25, 0.3) is 0 Å². The van der Waals surface area contributed by atoms with Gasteiger partial charge in [-0.05, 0) is 6.07 Å². The van der Waals surface area contributed by atoms with Crippen LogP contribution in [-0.4, -0.2) is 30.5 Å². The Bertz CT molecular complexity index is 561. The highest BCUT2D eigenvalue weighted by Gasteiger charge is 2.08. The first-order valence-corrected chi connectivity index (χ1v) is 5.26. The highest BCUT2D eigenvalue weighted by Crippen LogP contribution is 2.09. The van der Waals surface area contributed by atoms with Gasteiger partial charge >= 0.3 is 5.97 Å². The van der Waals surface area contributed by atoms with Gasteiger partial charge in [-0.3, -0.25) is 4.79 Å². The number of nitriles is 1. The predicted octanol–water partition coefficient (Wildman–Crippen LogP) is -0.00552. The molecule has 0 fully saturated rings. The number of aromatic nitrogens is 1. The van der Waals surface area contributed by atoms with Crippen LogP contribution in [0.2, 0.25) is 0 Å². The molecule has 98 valence electrons. The number of hydrogen-bond acceptors (Lipinski definition) is 6. The molecular weight excluding hydrogens is 248 g/mol. The summed E-state index contributed by atoms with van der Waals surface area (Å²) in [4.78, 5) is 26.2. The average molecular weight is 260 g/mol. The van der Waals surface area contributed by atoms with Crippen LogP contribution < -0.4 is 11.1 Å². The molecule has 0 radical (unpaired) electrons. The molecule has 1 amide bonds.